The Kier molecular flexibility index (Phi) is 6.96. The highest BCUT2D eigenvalue weighted by atomic mass is 32.1. The number of aliphatic hydroxyl groups is 1. The molecule has 1 saturated heterocycles. The number of β-amino-alcohol motifs (C(OH)–C–C–N with tert-alkyl or cyclic N) is 1. The summed E-state index contributed by atoms with van der Waals surface area (Å²) in [6.07, 6.45) is 0.0174. The van der Waals surface area contributed by atoms with Crippen molar-refractivity contribution in [3.63, 3.8) is 0 Å². The van der Waals surface area contributed by atoms with Crippen LogP contribution in [0.5, 0.6) is 5.88 Å². The van der Waals surface area contributed by atoms with Crippen LogP contribution >= 0.6 is 11.3 Å². The van der Waals surface area contributed by atoms with E-state index in [0.29, 0.717) is 30.2 Å². The number of aliphatic hydroxyl groups excluding tert-OH is 1. The van der Waals surface area contributed by atoms with Crippen LogP contribution in [0.3, 0.4) is 0 Å². The van der Waals surface area contributed by atoms with E-state index < -0.39 is 23.5 Å². The van der Waals surface area contributed by atoms with Crippen molar-refractivity contribution in [3.05, 3.63) is 52.9 Å². The number of carbonyl (C=O) groups excluding carboxylic acids is 2. The second kappa shape index (κ2) is 10.1. The summed E-state index contributed by atoms with van der Waals surface area (Å²) >= 11 is 1.59. The second-order valence-corrected chi connectivity index (χ2v) is 11.5. The van der Waals surface area contributed by atoms with E-state index in [4.69, 9.17) is 9.26 Å². The number of rotatable bonds is 7. The summed E-state index contributed by atoms with van der Waals surface area (Å²) in [5, 5.41) is 14.4. The zero-order valence-electron chi connectivity index (χ0n) is 22.2. The van der Waals surface area contributed by atoms with Crippen LogP contribution in [-0.2, 0) is 15.0 Å². The zero-order valence-corrected chi connectivity index (χ0v) is 23.0. The van der Waals surface area contributed by atoms with E-state index in [0.717, 1.165) is 21.7 Å². The van der Waals surface area contributed by atoms with E-state index in [1.165, 1.54) is 7.11 Å². The highest BCUT2D eigenvalue weighted by Gasteiger charge is 2.48. The topological polar surface area (TPSA) is 118 Å². The number of nitrogens with zero attached hydrogens (tertiary/aromatic N) is 4. The molecular weight excluding hydrogens is 504 g/mol. The number of ether oxygens (including phenoxy) is 1. The average Bonchev–Trinajstić information content (AvgIpc) is 3.67. The fourth-order valence-corrected chi connectivity index (χ4v) is 6.33. The van der Waals surface area contributed by atoms with Gasteiger partial charge in [0.25, 0.3) is 11.8 Å². The fraction of sp³-hybridized carbons (Fsp3) is 0.464. The minimum absolute atomic E-state index is 0.0864. The first-order valence-corrected chi connectivity index (χ1v) is 13.6. The number of aryl methyl sites for hydroxylation is 1. The lowest BCUT2D eigenvalue weighted by Crippen LogP contribution is -2.44. The molecule has 2 aliphatic rings. The lowest BCUT2D eigenvalue weighted by Gasteiger charge is -2.30. The number of hydrogen-bond acceptors (Lipinski definition) is 8. The van der Waals surface area contributed by atoms with Gasteiger partial charge in [0.2, 0.25) is 5.91 Å². The summed E-state index contributed by atoms with van der Waals surface area (Å²) in [5.74, 6) is -0.401. The molecule has 0 aliphatic carbocycles. The van der Waals surface area contributed by atoms with Crippen molar-refractivity contribution in [3.8, 4) is 16.3 Å². The van der Waals surface area contributed by atoms with Gasteiger partial charge in [-0.05, 0) is 36.0 Å². The molecule has 38 heavy (non-hydrogen) atoms. The number of aliphatic imine (C=N–C) groups is 1. The highest BCUT2D eigenvalue weighted by molar-refractivity contribution is 7.13. The monoisotopic (exact) mass is 536 g/mol. The molecule has 2 aromatic heterocycles. The van der Waals surface area contributed by atoms with Gasteiger partial charge in [-0.15, -0.1) is 11.3 Å². The van der Waals surface area contributed by atoms with Gasteiger partial charge in [0.1, 0.15) is 5.92 Å². The number of carbonyl (C=O) groups is 2. The number of thiazole rings is 1. The first-order chi connectivity index (χ1) is 18.1. The molecule has 9 nitrogen and oxygen atoms in total. The van der Waals surface area contributed by atoms with E-state index in [1.54, 1.807) is 22.3 Å². The Labute approximate surface area is 225 Å². The van der Waals surface area contributed by atoms with E-state index >= 15 is 0 Å². The molecule has 5 rings (SSSR count). The number of amides is 2. The van der Waals surface area contributed by atoms with Crippen LogP contribution in [0, 0.1) is 12.8 Å². The molecular formula is C28H32N4O5S. The van der Waals surface area contributed by atoms with Gasteiger partial charge in [0.15, 0.2) is 5.76 Å². The van der Waals surface area contributed by atoms with Gasteiger partial charge in [-0.2, -0.15) is 0 Å². The van der Waals surface area contributed by atoms with Gasteiger partial charge in [0, 0.05) is 31.2 Å². The Balaban J connectivity index is 1.39. The Morgan fingerprint density at radius 1 is 1.29 bits per heavy atom. The normalized spacial score (nSPS) is 24.2. The highest BCUT2D eigenvalue weighted by Crippen LogP contribution is 2.40. The largest absolute Gasteiger partial charge is 0.479 e. The molecule has 0 bridgehead atoms. The van der Waals surface area contributed by atoms with Crippen LogP contribution in [0.4, 0.5) is 0 Å². The average molecular weight is 537 g/mol. The maximum Gasteiger partial charge on any atom is 0.256 e. The van der Waals surface area contributed by atoms with E-state index in [1.807, 2.05) is 57.5 Å². The molecule has 0 spiro atoms. The van der Waals surface area contributed by atoms with Crippen LogP contribution in [0.15, 0.2) is 45.4 Å². The molecule has 4 heterocycles. The van der Waals surface area contributed by atoms with Crippen molar-refractivity contribution in [2.45, 2.75) is 64.0 Å². The number of likely N-dealkylation sites (tertiary alicyclic amines) is 1. The van der Waals surface area contributed by atoms with E-state index in [-0.39, 0.29) is 24.3 Å². The van der Waals surface area contributed by atoms with Gasteiger partial charge in [-0.25, -0.2) is 9.98 Å². The molecule has 3 aromatic rings. The molecule has 1 aromatic carbocycles. The summed E-state index contributed by atoms with van der Waals surface area (Å²) in [6.45, 7) is 7.92. The summed E-state index contributed by atoms with van der Waals surface area (Å²) in [7, 11) is 1.49. The van der Waals surface area contributed by atoms with Crippen LogP contribution in [-0.4, -0.2) is 63.5 Å². The van der Waals surface area contributed by atoms with Crippen molar-refractivity contribution in [1.82, 2.24) is 15.0 Å². The maximum atomic E-state index is 13.8. The predicted octanol–water partition coefficient (Wildman–Crippen LogP) is 4.15. The summed E-state index contributed by atoms with van der Waals surface area (Å²) < 4.78 is 10.6. The third-order valence-corrected chi connectivity index (χ3v) is 8.66. The predicted molar refractivity (Wildman–Crippen MR) is 143 cm³/mol. The summed E-state index contributed by atoms with van der Waals surface area (Å²) in [4.78, 5) is 38.7. The van der Waals surface area contributed by atoms with Crippen LogP contribution in [0.1, 0.15) is 56.5 Å². The lowest BCUT2D eigenvalue weighted by molar-refractivity contribution is -0.134. The smallest absolute Gasteiger partial charge is 0.256 e. The molecule has 2 amide bonds. The lowest BCUT2D eigenvalue weighted by atomic mass is 9.78. The minimum atomic E-state index is -0.839. The van der Waals surface area contributed by atoms with Crippen LogP contribution in [0.25, 0.3) is 10.4 Å². The Morgan fingerprint density at radius 3 is 2.63 bits per heavy atom. The number of methoxy groups -OCH3 is 1. The molecule has 0 saturated carbocycles. The van der Waals surface area contributed by atoms with Gasteiger partial charge in [-0.3, -0.25) is 9.59 Å². The second-order valence-electron chi connectivity index (χ2n) is 10.7. The van der Waals surface area contributed by atoms with Crippen LogP contribution in [0.2, 0.25) is 0 Å². The van der Waals surface area contributed by atoms with E-state index in [2.05, 4.69) is 15.1 Å². The van der Waals surface area contributed by atoms with Gasteiger partial charge < -0.3 is 19.3 Å². The first-order valence-electron chi connectivity index (χ1n) is 12.7. The third-order valence-electron chi connectivity index (χ3n) is 7.68. The van der Waals surface area contributed by atoms with Crippen molar-refractivity contribution in [2.75, 3.05) is 13.7 Å². The molecule has 1 fully saturated rings. The Morgan fingerprint density at radius 2 is 2.03 bits per heavy atom. The third kappa shape index (κ3) is 4.56. The number of hydrogen-bond donors (Lipinski definition) is 1. The van der Waals surface area contributed by atoms with Gasteiger partial charge in [-0.1, -0.05) is 38.1 Å². The van der Waals surface area contributed by atoms with Gasteiger partial charge in [0.05, 0.1) is 40.8 Å². The standard InChI is InChI=1S/C28H32N4O5S/c1-15(2)24(22-11-23(36-5)31-37-22)26(34)32-13-19(33)10-21(32)20-12-28(4,27(35)30-20)18-8-6-17(7-9-18)25-16(3)29-14-38-25/h6-9,11,14-15,19,21,24,33H,10,12-13H2,1-5H3/t19-,21+,24-,28-/m1/s1. The number of benzene rings is 1. The molecule has 0 unspecified atom stereocenters. The van der Waals surface area contributed by atoms with Crippen molar-refractivity contribution < 1.29 is 24.0 Å². The molecule has 1 N–H and O–H groups in total. The SMILES string of the molecule is COc1cc([C@H](C(=O)N2C[C@H](O)C[C@H]2C2=NC(=O)[C@@](C)(c3ccc(-c4scnc4C)cc3)C2)C(C)C)on1. The van der Waals surface area contributed by atoms with Crippen molar-refractivity contribution >= 4 is 28.9 Å². The molecule has 0 radical (unpaired) electrons. The molecule has 200 valence electrons. The minimum Gasteiger partial charge on any atom is -0.479 e. The molecule has 2 aliphatic heterocycles. The van der Waals surface area contributed by atoms with Crippen LogP contribution < -0.4 is 4.74 Å². The van der Waals surface area contributed by atoms with Crippen molar-refractivity contribution in [2.24, 2.45) is 10.9 Å². The maximum absolute atomic E-state index is 13.8. The van der Waals surface area contributed by atoms with Crippen molar-refractivity contribution in [1.29, 1.82) is 0 Å². The van der Waals surface area contributed by atoms with Gasteiger partial charge >= 0.3 is 0 Å². The Bertz CT molecular complexity index is 1380. The molecule has 4 atom stereocenters. The summed E-state index contributed by atoms with van der Waals surface area (Å²) in [5.41, 5.74) is 4.52. The van der Waals surface area contributed by atoms with E-state index in [9.17, 15) is 14.7 Å². The quantitative estimate of drug-likeness (QED) is 0.482. The number of aromatic nitrogens is 2. The molecule has 10 heteroatoms. The first kappa shape index (κ1) is 26.2. The Hall–Kier alpha value is -3.37. The fourth-order valence-electron chi connectivity index (χ4n) is 5.52. The zero-order chi connectivity index (χ0) is 27.2. The summed E-state index contributed by atoms with van der Waals surface area (Å²) in [6, 6.07) is 9.14.